The normalized spacial score (nSPS) is 13.9. The Kier molecular flexibility index (Phi) is 4.54. The molecule has 0 N–H and O–H groups in total. The summed E-state index contributed by atoms with van der Waals surface area (Å²) < 4.78 is 40.0. The van der Waals surface area contributed by atoms with Gasteiger partial charge < -0.3 is 4.90 Å². The predicted molar refractivity (Wildman–Crippen MR) is 61.2 cm³/mol. The number of anilines is 1. The van der Waals surface area contributed by atoms with Gasteiger partial charge in [0.2, 0.25) is 11.0 Å². The summed E-state index contributed by atoms with van der Waals surface area (Å²) in [7, 11) is 1.70. The summed E-state index contributed by atoms with van der Waals surface area (Å²) in [5.41, 5.74) is 0. The van der Waals surface area contributed by atoms with Crippen LogP contribution in [0.5, 0.6) is 0 Å². The van der Waals surface area contributed by atoms with Gasteiger partial charge >= 0.3 is 6.18 Å². The highest BCUT2D eigenvalue weighted by atomic mass is 79.9. The predicted octanol–water partition coefficient (Wildman–Crippen LogP) is 3.17. The van der Waals surface area contributed by atoms with Crippen molar-refractivity contribution in [1.82, 2.24) is 9.36 Å². The number of hydrogen-bond acceptors (Lipinski definition) is 4. The van der Waals surface area contributed by atoms with Crippen molar-refractivity contribution in [3.05, 3.63) is 5.82 Å². The van der Waals surface area contributed by atoms with E-state index < -0.39 is 12.0 Å². The number of nitrogens with zero attached hydrogens (tertiary/aromatic N) is 3. The molecule has 0 radical (unpaired) electrons. The third-order valence-corrected chi connectivity index (χ3v) is 3.15. The number of hydrogen-bond donors (Lipinski definition) is 0. The molecule has 0 spiro atoms. The first kappa shape index (κ1) is 13.7. The highest BCUT2D eigenvalue weighted by Crippen LogP contribution is 2.29. The summed E-state index contributed by atoms with van der Waals surface area (Å²) >= 11 is 4.14. The molecule has 0 aliphatic carbocycles. The zero-order chi connectivity index (χ0) is 12.3. The average Bonchev–Trinajstić information content (AvgIpc) is 2.61. The molecule has 92 valence electrons. The van der Waals surface area contributed by atoms with Crippen LogP contribution in [0.4, 0.5) is 18.3 Å². The summed E-state index contributed by atoms with van der Waals surface area (Å²) in [5, 5.41) is 0.292. The summed E-state index contributed by atoms with van der Waals surface area (Å²) in [5.74, 6) is -1.06. The van der Waals surface area contributed by atoms with E-state index in [-0.39, 0.29) is 0 Å². The summed E-state index contributed by atoms with van der Waals surface area (Å²) in [6.45, 7) is 2.62. The second-order valence-electron chi connectivity index (χ2n) is 3.39. The zero-order valence-corrected chi connectivity index (χ0v) is 11.2. The Labute approximate surface area is 104 Å². The second kappa shape index (κ2) is 5.31. The van der Waals surface area contributed by atoms with E-state index in [2.05, 4.69) is 25.3 Å². The van der Waals surface area contributed by atoms with Gasteiger partial charge in [-0.3, -0.25) is 0 Å². The van der Waals surface area contributed by atoms with E-state index in [4.69, 9.17) is 0 Å². The smallest absolute Gasteiger partial charge is 0.350 e. The molecule has 1 rings (SSSR count). The topological polar surface area (TPSA) is 29.0 Å². The molecule has 1 aromatic heterocycles. The third-order valence-electron chi connectivity index (χ3n) is 1.86. The van der Waals surface area contributed by atoms with E-state index in [1.165, 1.54) is 0 Å². The lowest BCUT2D eigenvalue weighted by Crippen LogP contribution is -2.20. The first-order chi connectivity index (χ1) is 7.30. The van der Waals surface area contributed by atoms with E-state index in [0.29, 0.717) is 16.5 Å². The fourth-order valence-corrected chi connectivity index (χ4v) is 1.83. The molecular formula is C8H11BrF3N3S. The number of alkyl halides is 4. The van der Waals surface area contributed by atoms with Crippen LogP contribution in [0.25, 0.3) is 0 Å². The minimum absolute atomic E-state index is 0.292. The van der Waals surface area contributed by atoms with Crippen LogP contribution >= 0.6 is 27.5 Å². The van der Waals surface area contributed by atoms with E-state index in [1.54, 1.807) is 11.9 Å². The van der Waals surface area contributed by atoms with E-state index in [9.17, 15) is 13.2 Å². The van der Waals surface area contributed by atoms with Crippen molar-refractivity contribution in [1.29, 1.82) is 0 Å². The highest BCUT2D eigenvalue weighted by Gasteiger charge is 2.36. The van der Waals surface area contributed by atoms with Crippen LogP contribution in [0.2, 0.25) is 0 Å². The van der Waals surface area contributed by atoms with Crippen molar-refractivity contribution in [2.45, 2.75) is 24.3 Å². The lowest BCUT2D eigenvalue weighted by atomic mass is 10.3. The standard InChI is InChI=1S/C8H11BrF3N3S/c1-5(9)3-4-15(2)7-13-6(14-16-7)8(10,11)12/h5H,3-4H2,1-2H3. The highest BCUT2D eigenvalue weighted by molar-refractivity contribution is 9.09. The van der Waals surface area contributed by atoms with Crippen LogP contribution in [0.1, 0.15) is 19.2 Å². The molecular weight excluding hydrogens is 307 g/mol. The Morgan fingerprint density at radius 3 is 2.56 bits per heavy atom. The van der Waals surface area contributed by atoms with E-state index >= 15 is 0 Å². The van der Waals surface area contributed by atoms with Gasteiger partial charge in [-0.25, -0.2) is 0 Å². The van der Waals surface area contributed by atoms with Gasteiger partial charge in [-0.15, -0.1) is 0 Å². The molecule has 0 fully saturated rings. The van der Waals surface area contributed by atoms with Crippen LogP contribution in [-0.4, -0.2) is 27.8 Å². The van der Waals surface area contributed by atoms with Gasteiger partial charge in [-0.05, 0) is 6.42 Å². The number of halogens is 4. The van der Waals surface area contributed by atoms with Gasteiger partial charge in [0.15, 0.2) is 0 Å². The quantitative estimate of drug-likeness (QED) is 0.799. The molecule has 1 unspecified atom stereocenters. The van der Waals surface area contributed by atoms with Crippen molar-refractivity contribution < 1.29 is 13.2 Å². The Morgan fingerprint density at radius 2 is 2.12 bits per heavy atom. The molecule has 1 atom stereocenters. The molecule has 3 nitrogen and oxygen atoms in total. The Balaban J connectivity index is 2.63. The minimum Gasteiger partial charge on any atom is -0.350 e. The Morgan fingerprint density at radius 1 is 1.50 bits per heavy atom. The van der Waals surface area contributed by atoms with E-state index in [0.717, 1.165) is 18.0 Å². The molecule has 16 heavy (non-hydrogen) atoms. The zero-order valence-electron chi connectivity index (χ0n) is 8.75. The van der Waals surface area contributed by atoms with Gasteiger partial charge in [0.05, 0.1) is 0 Å². The molecule has 0 aliphatic rings. The summed E-state index contributed by atoms with van der Waals surface area (Å²) in [6, 6.07) is 0. The molecule has 0 aromatic carbocycles. The maximum absolute atomic E-state index is 12.2. The summed E-state index contributed by atoms with van der Waals surface area (Å²) in [6.07, 6.45) is -3.63. The Bertz CT molecular complexity index is 340. The first-order valence-electron chi connectivity index (χ1n) is 4.57. The van der Waals surface area contributed by atoms with Gasteiger partial charge in [0, 0.05) is 30.0 Å². The Hall–Kier alpha value is -0.370. The van der Waals surface area contributed by atoms with Crippen molar-refractivity contribution >= 4 is 32.6 Å². The van der Waals surface area contributed by atoms with E-state index in [1.807, 2.05) is 6.92 Å². The van der Waals surface area contributed by atoms with Crippen LogP contribution in [-0.2, 0) is 6.18 Å². The van der Waals surface area contributed by atoms with Gasteiger partial charge in [0.1, 0.15) is 0 Å². The molecule has 0 saturated carbocycles. The fourth-order valence-electron chi connectivity index (χ4n) is 0.953. The lowest BCUT2D eigenvalue weighted by molar-refractivity contribution is -0.144. The largest absolute Gasteiger partial charge is 0.452 e. The van der Waals surface area contributed by atoms with Gasteiger partial charge in [0.25, 0.3) is 0 Å². The van der Waals surface area contributed by atoms with Crippen LogP contribution in [0.3, 0.4) is 0 Å². The monoisotopic (exact) mass is 317 g/mol. The minimum atomic E-state index is -4.46. The number of aromatic nitrogens is 2. The van der Waals surface area contributed by atoms with Crippen LogP contribution < -0.4 is 4.90 Å². The van der Waals surface area contributed by atoms with Crippen LogP contribution in [0.15, 0.2) is 0 Å². The first-order valence-corrected chi connectivity index (χ1v) is 6.25. The molecule has 0 aliphatic heterocycles. The van der Waals surface area contributed by atoms with Gasteiger partial charge in [-0.1, -0.05) is 22.9 Å². The fraction of sp³-hybridized carbons (Fsp3) is 0.750. The second-order valence-corrected chi connectivity index (χ2v) is 5.68. The SMILES string of the molecule is CC(Br)CCN(C)c1nc(C(F)(F)F)ns1. The molecule has 0 bridgehead atoms. The maximum atomic E-state index is 12.2. The van der Waals surface area contributed by atoms with Crippen molar-refractivity contribution in [3.8, 4) is 0 Å². The number of rotatable bonds is 4. The van der Waals surface area contributed by atoms with Crippen molar-refractivity contribution in [2.75, 3.05) is 18.5 Å². The van der Waals surface area contributed by atoms with Crippen molar-refractivity contribution in [3.63, 3.8) is 0 Å². The molecule has 8 heteroatoms. The average molecular weight is 318 g/mol. The van der Waals surface area contributed by atoms with Crippen molar-refractivity contribution in [2.24, 2.45) is 0 Å². The molecule has 1 aromatic rings. The third kappa shape index (κ3) is 3.89. The maximum Gasteiger partial charge on any atom is 0.452 e. The summed E-state index contributed by atoms with van der Waals surface area (Å²) in [4.78, 5) is 5.45. The molecule has 0 saturated heterocycles. The molecule has 0 amide bonds. The van der Waals surface area contributed by atoms with Crippen LogP contribution in [0, 0.1) is 0 Å². The lowest BCUT2D eigenvalue weighted by Gasteiger charge is -2.15. The van der Waals surface area contributed by atoms with Gasteiger partial charge in [-0.2, -0.15) is 22.5 Å². The molecule has 1 heterocycles.